The van der Waals surface area contributed by atoms with E-state index in [0.29, 0.717) is 13.1 Å². The highest BCUT2D eigenvalue weighted by Gasteiger charge is 2.33. The molecule has 152 valence electrons. The Morgan fingerprint density at radius 2 is 2.00 bits per heavy atom. The van der Waals surface area contributed by atoms with Gasteiger partial charge in [0.1, 0.15) is 11.4 Å². The van der Waals surface area contributed by atoms with Gasteiger partial charge < -0.3 is 9.64 Å². The van der Waals surface area contributed by atoms with E-state index in [1.165, 1.54) is 12.1 Å². The van der Waals surface area contributed by atoms with Crippen LogP contribution in [0.3, 0.4) is 0 Å². The van der Waals surface area contributed by atoms with Crippen molar-refractivity contribution in [2.24, 2.45) is 0 Å². The summed E-state index contributed by atoms with van der Waals surface area (Å²) in [6, 6.07) is 8.07. The third kappa shape index (κ3) is 4.16. The Balaban J connectivity index is 1.63. The van der Waals surface area contributed by atoms with E-state index in [9.17, 15) is 9.18 Å². The van der Waals surface area contributed by atoms with Crippen LogP contribution in [0.1, 0.15) is 38.8 Å². The molecular weight excluding hydrogens is 373 g/mol. The molecular formula is C21H24FN5O2. The first-order valence-electron chi connectivity index (χ1n) is 9.63. The average Bonchev–Trinajstić information content (AvgIpc) is 3.39. The van der Waals surface area contributed by atoms with Crippen LogP contribution in [0.25, 0.3) is 16.9 Å². The number of ether oxygens (including phenoxy) is 1. The molecule has 0 aliphatic carbocycles. The van der Waals surface area contributed by atoms with Crippen molar-refractivity contribution in [2.75, 3.05) is 13.1 Å². The largest absolute Gasteiger partial charge is 0.444 e. The number of rotatable bonds is 3. The molecule has 3 heterocycles. The standard InChI is InChI=1S/C21H24FN5O2/c1-21(2,3)29-20(28)26-11-9-14(12-26)19-17(18-8-10-23-24-18)13-27(25-19)16-6-4-15(22)5-7-16/h4-8,10,13-14H,9,11-12H2,1-3H3,(H,23,24). The normalized spacial score (nSPS) is 17.0. The maximum absolute atomic E-state index is 13.3. The fraction of sp³-hybridized carbons (Fsp3) is 0.381. The highest BCUT2D eigenvalue weighted by molar-refractivity contribution is 5.69. The van der Waals surface area contributed by atoms with E-state index in [1.54, 1.807) is 27.9 Å². The second kappa shape index (κ2) is 7.35. The molecule has 0 spiro atoms. The van der Waals surface area contributed by atoms with E-state index < -0.39 is 5.60 Å². The third-order valence-electron chi connectivity index (χ3n) is 4.85. The molecule has 29 heavy (non-hydrogen) atoms. The Kier molecular flexibility index (Phi) is 4.86. The van der Waals surface area contributed by atoms with Crippen LogP contribution in [-0.2, 0) is 4.74 Å². The highest BCUT2D eigenvalue weighted by atomic mass is 19.1. The molecule has 1 atom stereocenters. The molecule has 2 aromatic heterocycles. The molecule has 1 amide bonds. The van der Waals surface area contributed by atoms with Gasteiger partial charge in [0.15, 0.2) is 0 Å². The summed E-state index contributed by atoms with van der Waals surface area (Å²) in [5.74, 6) is -0.221. The van der Waals surface area contributed by atoms with Crippen molar-refractivity contribution >= 4 is 6.09 Å². The van der Waals surface area contributed by atoms with Gasteiger partial charge >= 0.3 is 6.09 Å². The second-order valence-corrected chi connectivity index (χ2v) is 8.23. The zero-order chi connectivity index (χ0) is 20.6. The van der Waals surface area contributed by atoms with E-state index in [1.807, 2.05) is 33.0 Å². The fourth-order valence-electron chi connectivity index (χ4n) is 3.50. The van der Waals surface area contributed by atoms with E-state index in [2.05, 4.69) is 10.2 Å². The van der Waals surface area contributed by atoms with Crippen molar-refractivity contribution in [3.05, 3.63) is 54.2 Å². The molecule has 0 radical (unpaired) electrons. The first kappa shape index (κ1) is 19.2. The number of aromatic nitrogens is 4. The van der Waals surface area contributed by atoms with Crippen LogP contribution in [0.15, 0.2) is 42.7 Å². The number of halogens is 1. The lowest BCUT2D eigenvalue weighted by molar-refractivity contribution is 0.0292. The minimum atomic E-state index is -0.527. The zero-order valence-electron chi connectivity index (χ0n) is 16.7. The quantitative estimate of drug-likeness (QED) is 0.721. The Morgan fingerprint density at radius 3 is 2.66 bits per heavy atom. The maximum Gasteiger partial charge on any atom is 0.410 e. The minimum Gasteiger partial charge on any atom is -0.444 e. The Hall–Kier alpha value is -3.16. The monoisotopic (exact) mass is 397 g/mol. The van der Waals surface area contributed by atoms with E-state index in [-0.39, 0.29) is 17.8 Å². The van der Waals surface area contributed by atoms with Gasteiger partial charge in [-0.25, -0.2) is 13.9 Å². The maximum atomic E-state index is 13.3. The molecule has 3 aromatic rings. The lowest BCUT2D eigenvalue weighted by Crippen LogP contribution is -2.35. The summed E-state index contributed by atoms with van der Waals surface area (Å²) in [4.78, 5) is 14.2. The van der Waals surface area contributed by atoms with Gasteiger partial charge in [-0.3, -0.25) is 5.10 Å². The van der Waals surface area contributed by atoms with Crippen LogP contribution in [0.4, 0.5) is 9.18 Å². The van der Waals surface area contributed by atoms with Crippen molar-refractivity contribution in [2.45, 2.75) is 38.7 Å². The van der Waals surface area contributed by atoms with Crippen molar-refractivity contribution in [3.63, 3.8) is 0 Å². The Labute approximate surface area is 168 Å². The number of likely N-dealkylation sites (tertiary alicyclic amines) is 1. The van der Waals surface area contributed by atoms with Crippen LogP contribution < -0.4 is 0 Å². The van der Waals surface area contributed by atoms with E-state index >= 15 is 0 Å². The van der Waals surface area contributed by atoms with Gasteiger partial charge in [-0.2, -0.15) is 10.2 Å². The number of carbonyl (C=O) groups is 1. The summed E-state index contributed by atoms with van der Waals surface area (Å²) in [5, 5.41) is 11.8. The van der Waals surface area contributed by atoms with Gasteiger partial charge in [0, 0.05) is 37.0 Å². The van der Waals surface area contributed by atoms with E-state index in [4.69, 9.17) is 9.84 Å². The number of benzene rings is 1. The Bertz CT molecular complexity index is 989. The van der Waals surface area contributed by atoms with Gasteiger partial charge in [0.25, 0.3) is 0 Å². The SMILES string of the molecule is CC(C)(C)OC(=O)N1CCC(c2nn(-c3ccc(F)cc3)cc2-c2ccn[nH]2)C1. The fourth-order valence-corrected chi connectivity index (χ4v) is 3.50. The molecule has 1 N–H and O–H groups in total. The van der Waals surface area contributed by atoms with E-state index in [0.717, 1.165) is 29.1 Å². The molecule has 1 aliphatic rings. The van der Waals surface area contributed by atoms with Gasteiger partial charge in [-0.05, 0) is 57.5 Å². The molecule has 0 bridgehead atoms. The number of hydrogen-bond donors (Lipinski definition) is 1. The summed E-state index contributed by atoms with van der Waals surface area (Å²) < 4.78 is 20.5. The van der Waals surface area contributed by atoms with Crippen molar-refractivity contribution in [1.82, 2.24) is 24.9 Å². The number of amides is 1. The van der Waals surface area contributed by atoms with Crippen LogP contribution in [0, 0.1) is 5.82 Å². The van der Waals surface area contributed by atoms with Crippen LogP contribution in [0.5, 0.6) is 0 Å². The average molecular weight is 397 g/mol. The molecule has 1 fully saturated rings. The number of hydrogen-bond acceptors (Lipinski definition) is 4. The number of carbonyl (C=O) groups excluding carboxylic acids is 1. The first-order valence-corrected chi connectivity index (χ1v) is 9.63. The summed E-state index contributed by atoms with van der Waals surface area (Å²) in [7, 11) is 0. The molecule has 8 heteroatoms. The smallest absolute Gasteiger partial charge is 0.410 e. The first-order chi connectivity index (χ1) is 13.8. The molecule has 1 aliphatic heterocycles. The van der Waals surface area contributed by atoms with Gasteiger partial charge in [-0.1, -0.05) is 0 Å². The highest BCUT2D eigenvalue weighted by Crippen LogP contribution is 2.34. The molecule has 7 nitrogen and oxygen atoms in total. The lowest BCUT2D eigenvalue weighted by atomic mass is 10.00. The molecule has 1 aromatic carbocycles. The molecule has 4 rings (SSSR count). The molecule has 1 unspecified atom stereocenters. The number of H-pyrrole nitrogens is 1. The second-order valence-electron chi connectivity index (χ2n) is 8.23. The van der Waals surface area contributed by atoms with Crippen molar-refractivity contribution in [3.8, 4) is 16.9 Å². The lowest BCUT2D eigenvalue weighted by Gasteiger charge is -2.24. The number of aromatic amines is 1. The van der Waals surface area contributed by atoms with Crippen LogP contribution in [-0.4, -0.2) is 49.7 Å². The van der Waals surface area contributed by atoms with Crippen molar-refractivity contribution < 1.29 is 13.9 Å². The summed E-state index contributed by atoms with van der Waals surface area (Å²) in [6.45, 7) is 6.74. The third-order valence-corrected chi connectivity index (χ3v) is 4.85. The number of nitrogens with one attached hydrogen (secondary N) is 1. The number of nitrogens with zero attached hydrogens (tertiary/aromatic N) is 4. The minimum absolute atomic E-state index is 0.0718. The zero-order valence-corrected chi connectivity index (χ0v) is 16.7. The predicted molar refractivity (Wildman–Crippen MR) is 106 cm³/mol. The van der Waals surface area contributed by atoms with Crippen molar-refractivity contribution in [1.29, 1.82) is 0 Å². The topological polar surface area (TPSA) is 76.0 Å². The summed E-state index contributed by atoms with van der Waals surface area (Å²) >= 11 is 0. The van der Waals surface area contributed by atoms with Gasteiger partial charge in [-0.15, -0.1) is 0 Å². The predicted octanol–water partition coefficient (Wildman–Crippen LogP) is 4.13. The molecule has 0 saturated carbocycles. The van der Waals surface area contributed by atoms with Crippen LogP contribution >= 0.6 is 0 Å². The molecule has 1 saturated heterocycles. The van der Waals surface area contributed by atoms with Crippen LogP contribution in [0.2, 0.25) is 0 Å². The summed E-state index contributed by atoms with van der Waals surface area (Å²) in [5.41, 5.74) is 2.89. The Morgan fingerprint density at radius 1 is 1.24 bits per heavy atom. The summed E-state index contributed by atoms with van der Waals surface area (Å²) in [6.07, 6.45) is 4.09. The van der Waals surface area contributed by atoms with Gasteiger partial charge in [0.05, 0.1) is 17.1 Å². The van der Waals surface area contributed by atoms with Gasteiger partial charge in [0.2, 0.25) is 0 Å².